The summed E-state index contributed by atoms with van der Waals surface area (Å²) < 4.78 is 5.84. The number of hydrogen-bond acceptors (Lipinski definition) is 4. The van der Waals surface area contributed by atoms with E-state index in [9.17, 15) is 14.4 Å². The first-order valence-corrected chi connectivity index (χ1v) is 9.13. The van der Waals surface area contributed by atoms with Crippen LogP contribution in [0.15, 0.2) is 46.9 Å². The molecule has 0 fully saturated rings. The fourth-order valence-electron chi connectivity index (χ4n) is 2.07. The van der Waals surface area contributed by atoms with Gasteiger partial charge in [-0.25, -0.2) is 9.59 Å². The molecule has 0 aliphatic rings. The molecular formula is C19H18BrClN2O4. The van der Waals surface area contributed by atoms with Crippen LogP contribution in [0.2, 0.25) is 5.02 Å². The highest BCUT2D eigenvalue weighted by atomic mass is 79.9. The Bertz CT molecular complexity index is 894. The molecule has 0 spiro atoms. The average Bonchev–Trinajstić information content (AvgIpc) is 2.53. The summed E-state index contributed by atoms with van der Waals surface area (Å²) in [5.74, 6) is -1.12. The second-order valence-corrected chi connectivity index (χ2v) is 7.85. The van der Waals surface area contributed by atoms with Crippen LogP contribution in [-0.2, 0) is 4.74 Å². The van der Waals surface area contributed by atoms with Gasteiger partial charge in [0, 0.05) is 10.2 Å². The third-order valence-electron chi connectivity index (χ3n) is 3.19. The number of anilines is 1. The van der Waals surface area contributed by atoms with E-state index in [4.69, 9.17) is 16.3 Å². The molecule has 0 saturated carbocycles. The van der Waals surface area contributed by atoms with Crippen molar-refractivity contribution in [2.45, 2.75) is 26.4 Å². The SMILES string of the molecule is CC(C)(C)OC(=O)c1ccc(NC(=O)NC(=O)c2ccccc2Br)cc1Cl. The lowest BCUT2D eigenvalue weighted by Gasteiger charge is -2.20. The standard InChI is InChI=1S/C19H18BrClN2O4/c1-19(2,3)27-17(25)13-9-8-11(10-15(13)21)22-18(26)23-16(24)12-6-4-5-7-14(12)20/h4-10H,1-3H3,(H2,22,23,24,26). The number of carbonyl (C=O) groups is 3. The summed E-state index contributed by atoms with van der Waals surface area (Å²) in [5.41, 5.74) is 0.182. The van der Waals surface area contributed by atoms with Gasteiger partial charge in [0.15, 0.2) is 0 Å². The number of imide groups is 1. The molecule has 2 N–H and O–H groups in total. The third-order valence-corrected chi connectivity index (χ3v) is 4.20. The molecule has 0 heterocycles. The molecule has 0 unspecified atom stereocenters. The number of rotatable bonds is 3. The molecular weight excluding hydrogens is 436 g/mol. The topological polar surface area (TPSA) is 84.5 Å². The molecule has 3 amide bonds. The number of halogens is 2. The molecule has 0 aliphatic heterocycles. The van der Waals surface area contributed by atoms with E-state index < -0.39 is 23.5 Å². The van der Waals surface area contributed by atoms with Gasteiger partial charge in [-0.2, -0.15) is 0 Å². The van der Waals surface area contributed by atoms with Gasteiger partial charge in [0.05, 0.1) is 16.1 Å². The van der Waals surface area contributed by atoms with Crippen molar-refractivity contribution in [2.24, 2.45) is 0 Å². The largest absolute Gasteiger partial charge is 0.456 e. The molecule has 0 saturated heterocycles. The molecule has 6 nitrogen and oxygen atoms in total. The number of hydrogen-bond donors (Lipinski definition) is 2. The first-order valence-electron chi connectivity index (χ1n) is 7.96. The first kappa shape index (κ1) is 20.9. The molecule has 142 valence electrons. The number of nitrogens with one attached hydrogen (secondary N) is 2. The molecule has 0 aromatic heterocycles. The number of urea groups is 1. The van der Waals surface area contributed by atoms with Gasteiger partial charge in [-0.15, -0.1) is 0 Å². The summed E-state index contributed by atoms with van der Waals surface area (Å²) in [5, 5.41) is 4.84. The van der Waals surface area contributed by atoms with Crippen molar-refractivity contribution in [2.75, 3.05) is 5.32 Å². The van der Waals surface area contributed by atoms with Crippen LogP contribution in [0.5, 0.6) is 0 Å². The zero-order valence-electron chi connectivity index (χ0n) is 14.9. The summed E-state index contributed by atoms with van der Waals surface area (Å²) >= 11 is 9.36. The van der Waals surface area contributed by atoms with E-state index in [0.717, 1.165) is 0 Å². The third kappa shape index (κ3) is 6.08. The Morgan fingerprint density at radius 2 is 1.70 bits per heavy atom. The highest BCUT2D eigenvalue weighted by Gasteiger charge is 2.20. The first-order chi connectivity index (χ1) is 12.6. The van der Waals surface area contributed by atoms with E-state index in [1.807, 2.05) is 0 Å². The quantitative estimate of drug-likeness (QED) is 0.639. The minimum Gasteiger partial charge on any atom is -0.456 e. The van der Waals surface area contributed by atoms with Crippen molar-refractivity contribution >= 4 is 51.1 Å². The van der Waals surface area contributed by atoms with Gasteiger partial charge in [0.2, 0.25) is 0 Å². The van der Waals surface area contributed by atoms with Gasteiger partial charge >= 0.3 is 12.0 Å². The van der Waals surface area contributed by atoms with Gasteiger partial charge in [0.1, 0.15) is 5.60 Å². The van der Waals surface area contributed by atoms with Crippen LogP contribution < -0.4 is 10.6 Å². The van der Waals surface area contributed by atoms with E-state index in [0.29, 0.717) is 15.7 Å². The van der Waals surface area contributed by atoms with E-state index in [1.54, 1.807) is 45.0 Å². The van der Waals surface area contributed by atoms with E-state index in [1.165, 1.54) is 18.2 Å². The maximum Gasteiger partial charge on any atom is 0.340 e. The Labute approximate surface area is 170 Å². The van der Waals surface area contributed by atoms with Crippen LogP contribution in [-0.4, -0.2) is 23.5 Å². The van der Waals surface area contributed by atoms with Crippen molar-refractivity contribution < 1.29 is 19.1 Å². The fourth-order valence-corrected chi connectivity index (χ4v) is 2.79. The van der Waals surface area contributed by atoms with Gasteiger partial charge < -0.3 is 10.1 Å². The molecule has 0 aliphatic carbocycles. The normalized spacial score (nSPS) is 10.9. The van der Waals surface area contributed by atoms with Gasteiger partial charge in [-0.05, 0) is 67.0 Å². The molecule has 2 aromatic carbocycles. The molecule has 27 heavy (non-hydrogen) atoms. The van der Waals surface area contributed by atoms with Crippen LogP contribution in [0.1, 0.15) is 41.5 Å². The van der Waals surface area contributed by atoms with Crippen LogP contribution in [0.4, 0.5) is 10.5 Å². The van der Waals surface area contributed by atoms with Crippen molar-refractivity contribution in [3.63, 3.8) is 0 Å². The summed E-state index contributed by atoms with van der Waals surface area (Å²) in [4.78, 5) is 36.2. The summed E-state index contributed by atoms with van der Waals surface area (Å²) in [7, 11) is 0. The van der Waals surface area contributed by atoms with E-state index in [2.05, 4.69) is 26.6 Å². The van der Waals surface area contributed by atoms with Crippen molar-refractivity contribution in [3.05, 3.63) is 63.1 Å². The highest BCUT2D eigenvalue weighted by Crippen LogP contribution is 2.23. The maximum atomic E-state index is 12.1. The van der Waals surface area contributed by atoms with Gasteiger partial charge in [0.25, 0.3) is 5.91 Å². The molecule has 0 atom stereocenters. The van der Waals surface area contributed by atoms with Crippen molar-refractivity contribution in [1.29, 1.82) is 0 Å². The van der Waals surface area contributed by atoms with Gasteiger partial charge in [-0.1, -0.05) is 23.7 Å². The lowest BCUT2D eigenvalue weighted by atomic mass is 10.1. The molecule has 8 heteroatoms. The van der Waals surface area contributed by atoms with E-state index >= 15 is 0 Å². The Morgan fingerprint density at radius 1 is 1.04 bits per heavy atom. The second kappa shape index (κ2) is 8.54. The number of benzene rings is 2. The van der Waals surface area contributed by atoms with Crippen LogP contribution in [0.3, 0.4) is 0 Å². The Morgan fingerprint density at radius 3 is 2.30 bits per heavy atom. The Balaban J connectivity index is 2.04. The molecule has 0 radical (unpaired) electrons. The summed E-state index contributed by atoms with van der Waals surface area (Å²) in [6, 6.07) is 10.3. The smallest absolute Gasteiger partial charge is 0.340 e. The fraction of sp³-hybridized carbons (Fsp3) is 0.211. The summed E-state index contributed by atoms with van der Waals surface area (Å²) in [6.45, 7) is 5.25. The van der Waals surface area contributed by atoms with Crippen LogP contribution in [0.25, 0.3) is 0 Å². The predicted molar refractivity (Wildman–Crippen MR) is 107 cm³/mol. The number of carbonyl (C=O) groups excluding carboxylic acids is 3. The Kier molecular flexibility index (Phi) is 6.62. The van der Waals surface area contributed by atoms with Crippen molar-refractivity contribution in [3.8, 4) is 0 Å². The average molecular weight is 454 g/mol. The zero-order chi connectivity index (χ0) is 20.2. The highest BCUT2D eigenvalue weighted by molar-refractivity contribution is 9.10. The maximum absolute atomic E-state index is 12.1. The number of ether oxygens (including phenoxy) is 1. The second-order valence-electron chi connectivity index (χ2n) is 6.58. The van der Waals surface area contributed by atoms with E-state index in [-0.39, 0.29) is 10.6 Å². The Hall–Kier alpha value is -2.38. The monoisotopic (exact) mass is 452 g/mol. The minimum absolute atomic E-state index is 0.124. The lowest BCUT2D eigenvalue weighted by molar-refractivity contribution is 0.00696. The molecule has 0 bridgehead atoms. The summed E-state index contributed by atoms with van der Waals surface area (Å²) in [6.07, 6.45) is 0. The predicted octanol–water partition coefficient (Wildman–Crippen LogP) is 5.02. The van der Waals surface area contributed by atoms with Crippen molar-refractivity contribution in [1.82, 2.24) is 5.32 Å². The minimum atomic E-state index is -0.725. The lowest BCUT2D eigenvalue weighted by Crippen LogP contribution is -2.34. The van der Waals surface area contributed by atoms with Gasteiger partial charge in [-0.3, -0.25) is 10.1 Å². The zero-order valence-corrected chi connectivity index (χ0v) is 17.3. The number of amides is 3. The van der Waals surface area contributed by atoms with Crippen LogP contribution >= 0.6 is 27.5 Å². The number of esters is 1. The molecule has 2 rings (SSSR count). The van der Waals surface area contributed by atoms with Crippen LogP contribution in [0, 0.1) is 0 Å². The molecule has 2 aromatic rings.